The van der Waals surface area contributed by atoms with Crippen molar-refractivity contribution < 1.29 is 22.4 Å². The number of carbonyl (C=O) groups is 2. The standard InChI is InChI=1S/C25H23FN2O4S/c26-22-13-12-20(17-23(22)33(31,32)28-14-5-2-6-15-28)25(30)27-21-11-7-10-19(16-21)24(29)18-8-3-1-4-9-18/h1,3-4,7-13,16-17H,2,5-6,14-15H2,(H,27,30). The smallest absolute Gasteiger partial charge is 0.255 e. The van der Waals surface area contributed by atoms with Crippen LogP contribution >= 0.6 is 0 Å². The highest BCUT2D eigenvalue weighted by Crippen LogP contribution is 2.24. The Balaban J connectivity index is 1.56. The molecule has 0 aromatic heterocycles. The zero-order valence-corrected chi connectivity index (χ0v) is 18.6. The number of carbonyl (C=O) groups excluding carboxylic acids is 2. The summed E-state index contributed by atoms with van der Waals surface area (Å²) in [5.41, 5.74) is 1.29. The van der Waals surface area contributed by atoms with Gasteiger partial charge in [0.15, 0.2) is 5.78 Å². The molecule has 1 aliphatic heterocycles. The lowest BCUT2D eigenvalue weighted by Crippen LogP contribution is -2.36. The third-order valence-electron chi connectivity index (χ3n) is 5.54. The molecule has 0 atom stereocenters. The van der Waals surface area contributed by atoms with Crippen LogP contribution in [0.15, 0.2) is 77.7 Å². The fourth-order valence-corrected chi connectivity index (χ4v) is 5.39. The van der Waals surface area contributed by atoms with Crippen LogP contribution in [0.5, 0.6) is 0 Å². The predicted molar refractivity (Wildman–Crippen MR) is 123 cm³/mol. The number of nitrogens with one attached hydrogen (secondary N) is 1. The summed E-state index contributed by atoms with van der Waals surface area (Å²) in [5, 5.41) is 2.66. The molecule has 4 rings (SSSR count). The quantitative estimate of drug-likeness (QED) is 0.543. The van der Waals surface area contributed by atoms with Gasteiger partial charge in [-0.15, -0.1) is 0 Å². The van der Waals surface area contributed by atoms with Gasteiger partial charge in [0.2, 0.25) is 10.0 Å². The van der Waals surface area contributed by atoms with Crippen LogP contribution < -0.4 is 5.32 Å². The molecule has 0 saturated carbocycles. The molecule has 3 aromatic rings. The number of hydrogen-bond acceptors (Lipinski definition) is 4. The lowest BCUT2D eigenvalue weighted by Gasteiger charge is -2.26. The van der Waals surface area contributed by atoms with E-state index in [1.807, 2.05) is 6.07 Å². The van der Waals surface area contributed by atoms with Crippen LogP contribution in [0.25, 0.3) is 0 Å². The van der Waals surface area contributed by atoms with E-state index in [4.69, 9.17) is 0 Å². The monoisotopic (exact) mass is 466 g/mol. The third kappa shape index (κ3) is 5.02. The van der Waals surface area contributed by atoms with Crippen molar-refractivity contribution in [3.63, 3.8) is 0 Å². The van der Waals surface area contributed by atoms with Gasteiger partial charge >= 0.3 is 0 Å². The van der Waals surface area contributed by atoms with Crippen LogP contribution in [0.4, 0.5) is 10.1 Å². The lowest BCUT2D eigenvalue weighted by molar-refractivity contribution is 0.102. The van der Waals surface area contributed by atoms with Crippen LogP contribution in [-0.4, -0.2) is 37.5 Å². The summed E-state index contributed by atoms with van der Waals surface area (Å²) in [4.78, 5) is 25.0. The first-order valence-electron chi connectivity index (χ1n) is 10.7. The number of hydrogen-bond donors (Lipinski definition) is 1. The summed E-state index contributed by atoms with van der Waals surface area (Å²) in [5.74, 6) is -1.69. The Hall–Kier alpha value is -3.36. The Morgan fingerprint density at radius 1 is 0.788 bits per heavy atom. The second-order valence-corrected chi connectivity index (χ2v) is 9.75. The molecule has 33 heavy (non-hydrogen) atoms. The fraction of sp³-hybridized carbons (Fsp3) is 0.200. The zero-order valence-electron chi connectivity index (χ0n) is 17.8. The van der Waals surface area contributed by atoms with Crippen molar-refractivity contribution in [1.29, 1.82) is 0 Å². The minimum Gasteiger partial charge on any atom is -0.322 e. The number of sulfonamides is 1. The van der Waals surface area contributed by atoms with Gasteiger partial charge in [0, 0.05) is 35.5 Å². The third-order valence-corrected chi connectivity index (χ3v) is 7.46. The summed E-state index contributed by atoms with van der Waals surface area (Å²) >= 11 is 0. The molecular formula is C25H23FN2O4S. The summed E-state index contributed by atoms with van der Waals surface area (Å²) in [6.45, 7) is 0.668. The van der Waals surface area contributed by atoms with E-state index < -0.39 is 26.6 Å². The fourth-order valence-electron chi connectivity index (χ4n) is 3.78. The van der Waals surface area contributed by atoms with Gasteiger partial charge in [0.05, 0.1) is 0 Å². The van der Waals surface area contributed by atoms with Gasteiger partial charge in [-0.1, -0.05) is 48.9 Å². The van der Waals surface area contributed by atoms with Crippen LogP contribution in [0.3, 0.4) is 0 Å². The molecule has 0 bridgehead atoms. The molecule has 170 valence electrons. The minimum atomic E-state index is -4.04. The highest BCUT2D eigenvalue weighted by atomic mass is 32.2. The van der Waals surface area contributed by atoms with Crippen LogP contribution in [-0.2, 0) is 10.0 Å². The number of ketones is 1. The van der Waals surface area contributed by atoms with Gasteiger partial charge in [-0.25, -0.2) is 12.8 Å². The molecule has 0 unspecified atom stereocenters. The topological polar surface area (TPSA) is 83.5 Å². The summed E-state index contributed by atoms with van der Waals surface area (Å²) < 4.78 is 41.5. The van der Waals surface area contributed by atoms with E-state index >= 15 is 0 Å². The number of anilines is 1. The highest BCUT2D eigenvalue weighted by molar-refractivity contribution is 7.89. The largest absolute Gasteiger partial charge is 0.322 e. The first-order valence-corrected chi connectivity index (χ1v) is 12.1. The maximum absolute atomic E-state index is 14.4. The molecule has 8 heteroatoms. The van der Waals surface area contributed by atoms with Crippen molar-refractivity contribution >= 4 is 27.4 Å². The molecule has 6 nitrogen and oxygen atoms in total. The van der Waals surface area contributed by atoms with E-state index in [0.29, 0.717) is 29.9 Å². The summed E-state index contributed by atoms with van der Waals surface area (Å²) in [6.07, 6.45) is 2.38. The average Bonchev–Trinajstić information content (AvgIpc) is 2.85. The van der Waals surface area contributed by atoms with Crippen molar-refractivity contribution in [3.8, 4) is 0 Å². The second kappa shape index (κ2) is 9.64. The Morgan fingerprint density at radius 3 is 2.21 bits per heavy atom. The van der Waals surface area contributed by atoms with Gasteiger partial charge in [-0.2, -0.15) is 4.31 Å². The van der Waals surface area contributed by atoms with Crippen molar-refractivity contribution in [1.82, 2.24) is 4.31 Å². The van der Waals surface area contributed by atoms with Gasteiger partial charge in [0.1, 0.15) is 10.7 Å². The number of piperidine rings is 1. The minimum absolute atomic E-state index is 0.00627. The van der Waals surface area contributed by atoms with Crippen molar-refractivity contribution in [2.45, 2.75) is 24.2 Å². The Bertz CT molecular complexity index is 1290. The highest BCUT2D eigenvalue weighted by Gasteiger charge is 2.29. The molecular weight excluding hydrogens is 443 g/mol. The van der Waals surface area contributed by atoms with Gasteiger partial charge in [-0.3, -0.25) is 9.59 Å². The Kier molecular flexibility index (Phi) is 6.67. The van der Waals surface area contributed by atoms with Gasteiger partial charge < -0.3 is 5.32 Å². The van der Waals surface area contributed by atoms with Crippen molar-refractivity contribution in [2.75, 3.05) is 18.4 Å². The average molecular weight is 467 g/mol. The molecule has 0 radical (unpaired) electrons. The predicted octanol–water partition coefficient (Wildman–Crippen LogP) is 4.48. The molecule has 1 saturated heterocycles. The Morgan fingerprint density at radius 2 is 1.48 bits per heavy atom. The molecule has 1 heterocycles. The Labute approximate surface area is 192 Å². The van der Waals surface area contributed by atoms with E-state index in [2.05, 4.69) is 5.32 Å². The van der Waals surface area contributed by atoms with Crippen molar-refractivity contribution in [3.05, 3.63) is 95.3 Å². The second-order valence-electron chi connectivity index (χ2n) is 7.84. The zero-order chi connectivity index (χ0) is 23.4. The number of rotatable bonds is 6. The van der Waals surface area contributed by atoms with E-state index in [0.717, 1.165) is 31.4 Å². The molecule has 3 aromatic carbocycles. The molecule has 1 aliphatic rings. The number of nitrogens with zero attached hydrogens (tertiary/aromatic N) is 1. The normalized spacial score (nSPS) is 14.6. The molecule has 1 amide bonds. The van der Waals surface area contributed by atoms with Crippen LogP contribution in [0.2, 0.25) is 0 Å². The first kappa shape index (κ1) is 22.8. The maximum Gasteiger partial charge on any atom is 0.255 e. The molecule has 0 aliphatic carbocycles. The van der Waals surface area contributed by atoms with Gasteiger partial charge in [0.25, 0.3) is 5.91 Å². The first-order chi connectivity index (χ1) is 15.9. The van der Waals surface area contributed by atoms with Gasteiger partial charge in [-0.05, 0) is 43.2 Å². The molecule has 1 N–H and O–H groups in total. The van der Waals surface area contributed by atoms with E-state index in [9.17, 15) is 22.4 Å². The maximum atomic E-state index is 14.4. The van der Waals surface area contributed by atoms with Crippen LogP contribution in [0.1, 0.15) is 45.5 Å². The molecule has 1 fully saturated rings. The van der Waals surface area contributed by atoms with E-state index in [1.165, 1.54) is 10.4 Å². The van der Waals surface area contributed by atoms with E-state index in [-0.39, 0.29) is 11.3 Å². The van der Waals surface area contributed by atoms with Crippen molar-refractivity contribution in [2.24, 2.45) is 0 Å². The number of amides is 1. The lowest BCUT2D eigenvalue weighted by atomic mass is 10.0. The molecule has 0 spiro atoms. The number of halogens is 1. The summed E-state index contributed by atoms with van der Waals surface area (Å²) in [6, 6.07) is 18.5. The number of benzene rings is 3. The summed E-state index contributed by atoms with van der Waals surface area (Å²) in [7, 11) is -4.04. The SMILES string of the molecule is O=C(Nc1cccc(C(=O)c2ccccc2)c1)c1ccc(F)c(S(=O)(=O)N2CCCCC2)c1. The van der Waals surface area contributed by atoms with Crippen LogP contribution in [0, 0.1) is 5.82 Å². The van der Waals surface area contributed by atoms with E-state index in [1.54, 1.807) is 48.5 Å².